The van der Waals surface area contributed by atoms with E-state index in [0.29, 0.717) is 17.7 Å². The van der Waals surface area contributed by atoms with Crippen LogP contribution in [0.2, 0.25) is 0 Å². The Hall–Kier alpha value is -2.09. The summed E-state index contributed by atoms with van der Waals surface area (Å²) in [5, 5.41) is 5.83. The van der Waals surface area contributed by atoms with Crippen LogP contribution >= 0.6 is 0 Å². The molecule has 8 heteroatoms. The molecule has 26 heavy (non-hydrogen) atoms. The van der Waals surface area contributed by atoms with Gasteiger partial charge in [0.1, 0.15) is 0 Å². The summed E-state index contributed by atoms with van der Waals surface area (Å²) in [7, 11) is -3.08. The molecule has 144 valence electrons. The van der Waals surface area contributed by atoms with Crippen LogP contribution < -0.4 is 10.6 Å². The summed E-state index contributed by atoms with van der Waals surface area (Å²) < 4.78 is 28.2. The highest BCUT2D eigenvalue weighted by atomic mass is 32.2. The molecule has 7 nitrogen and oxygen atoms in total. The minimum absolute atomic E-state index is 0.0659. The minimum atomic E-state index is -3.08. The predicted molar refractivity (Wildman–Crippen MR) is 99.9 cm³/mol. The number of benzene rings is 1. The molecular weight excluding hydrogens is 356 g/mol. The van der Waals surface area contributed by atoms with Crippen LogP contribution in [0.5, 0.6) is 0 Å². The number of anilines is 1. The van der Waals surface area contributed by atoms with Gasteiger partial charge in [-0.1, -0.05) is 25.5 Å². The summed E-state index contributed by atoms with van der Waals surface area (Å²) in [6.07, 6.45) is 1.40. The first kappa shape index (κ1) is 20.2. The normalized spacial score (nSPS) is 19.5. The fourth-order valence-corrected chi connectivity index (χ4v) is 4.39. The highest BCUT2D eigenvalue weighted by Crippen LogP contribution is 2.17. The number of amides is 1. The molecule has 1 heterocycles. The molecule has 2 rings (SSSR count). The molecule has 1 aliphatic heterocycles. The zero-order chi connectivity index (χ0) is 19.2. The van der Waals surface area contributed by atoms with Crippen LogP contribution in [0.1, 0.15) is 43.5 Å². The molecule has 1 aliphatic rings. The molecule has 0 radical (unpaired) electrons. The standard InChI is InChI=1S/C18H26N2O5S/c1-3-4-10-19-16-8-6-5-7-15(16)18(22)25-13(2)17(21)20-14-9-11-26(23,24)12-14/h5-8,13-14,19H,3-4,9-12H2,1-2H3,(H,20,21)/t13-,14-/m1/s1. The molecule has 1 aromatic rings. The lowest BCUT2D eigenvalue weighted by Gasteiger charge is -2.17. The SMILES string of the molecule is CCCCNc1ccccc1C(=O)O[C@H](C)C(=O)N[C@@H]1CCS(=O)(=O)C1. The van der Waals surface area contributed by atoms with Crippen molar-refractivity contribution in [1.82, 2.24) is 5.32 Å². The number of hydrogen-bond donors (Lipinski definition) is 2. The van der Waals surface area contributed by atoms with Gasteiger partial charge in [0.05, 0.1) is 17.1 Å². The molecule has 0 aliphatic carbocycles. The quantitative estimate of drug-likeness (QED) is 0.525. The van der Waals surface area contributed by atoms with Gasteiger partial charge < -0.3 is 15.4 Å². The van der Waals surface area contributed by atoms with E-state index in [0.717, 1.165) is 19.4 Å². The van der Waals surface area contributed by atoms with E-state index in [9.17, 15) is 18.0 Å². The minimum Gasteiger partial charge on any atom is -0.449 e. The van der Waals surface area contributed by atoms with Gasteiger partial charge in [0.15, 0.2) is 15.9 Å². The number of esters is 1. The molecule has 0 saturated carbocycles. The zero-order valence-corrected chi connectivity index (χ0v) is 16.0. The second-order valence-corrected chi connectivity index (χ2v) is 8.71. The maximum Gasteiger partial charge on any atom is 0.341 e. The van der Waals surface area contributed by atoms with Crippen molar-refractivity contribution in [3.05, 3.63) is 29.8 Å². The van der Waals surface area contributed by atoms with Gasteiger partial charge in [-0.2, -0.15) is 0 Å². The summed E-state index contributed by atoms with van der Waals surface area (Å²) in [6, 6.07) is 6.57. The summed E-state index contributed by atoms with van der Waals surface area (Å²) in [5.41, 5.74) is 1.03. The Morgan fingerprint density at radius 3 is 2.69 bits per heavy atom. The van der Waals surface area contributed by atoms with E-state index in [1.165, 1.54) is 6.92 Å². The molecule has 1 aromatic carbocycles. The third kappa shape index (κ3) is 5.72. The van der Waals surface area contributed by atoms with Crippen molar-refractivity contribution in [2.45, 2.75) is 45.3 Å². The van der Waals surface area contributed by atoms with Gasteiger partial charge in [-0.15, -0.1) is 0 Å². The first-order valence-corrected chi connectivity index (χ1v) is 10.7. The highest BCUT2D eigenvalue weighted by Gasteiger charge is 2.31. The summed E-state index contributed by atoms with van der Waals surface area (Å²) in [5.74, 6) is -1.07. The number of nitrogens with one attached hydrogen (secondary N) is 2. The van der Waals surface area contributed by atoms with Crippen molar-refractivity contribution in [3.63, 3.8) is 0 Å². The molecule has 0 aromatic heterocycles. The Morgan fingerprint density at radius 1 is 1.31 bits per heavy atom. The van der Waals surface area contributed by atoms with Crippen molar-refractivity contribution in [1.29, 1.82) is 0 Å². The van der Waals surface area contributed by atoms with Crippen LogP contribution in [0.3, 0.4) is 0 Å². The molecule has 0 unspecified atom stereocenters. The molecule has 2 atom stereocenters. The zero-order valence-electron chi connectivity index (χ0n) is 15.2. The molecule has 0 spiro atoms. The Morgan fingerprint density at radius 2 is 2.04 bits per heavy atom. The van der Waals surface area contributed by atoms with Crippen molar-refractivity contribution in [2.75, 3.05) is 23.4 Å². The average Bonchev–Trinajstić information content (AvgIpc) is 2.94. The molecule has 1 saturated heterocycles. The van der Waals surface area contributed by atoms with E-state index in [1.54, 1.807) is 18.2 Å². The number of rotatable bonds is 8. The number of para-hydroxylation sites is 1. The molecule has 0 bridgehead atoms. The number of ether oxygens (including phenoxy) is 1. The molecular formula is C18H26N2O5S. The summed E-state index contributed by atoms with van der Waals surface area (Å²) in [4.78, 5) is 24.6. The second kappa shape index (κ2) is 9.02. The van der Waals surface area contributed by atoms with Gasteiger partial charge in [-0.3, -0.25) is 4.79 Å². The summed E-state index contributed by atoms with van der Waals surface area (Å²) >= 11 is 0. The van der Waals surface area contributed by atoms with E-state index >= 15 is 0 Å². The van der Waals surface area contributed by atoms with Crippen molar-refractivity contribution in [2.24, 2.45) is 0 Å². The van der Waals surface area contributed by atoms with E-state index in [1.807, 2.05) is 6.07 Å². The van der Waals surface area contributed by atoms with Gasteiger partial charge in [-0.25, -0.2) is 13.2 Å². The van der Waals surface area contributed by atoms with Crippen molar-refractivity contribution in [3.8, 4) is 0 Å². The Kier molecular flexibility index (Phi) is 7.02. The Labute approximate surface area is 154 Å². The Bertz CT molecular complexity index is 748. The number of sulfone groups is 1. The molecule has 2 N–H and O–H groups in total. The van der Waals surface area contributed by atoms with Gasteiger partial charge >= 0.3 is 5.97 Å². The first-order chi connectivity index (χ1) is 12.3. The van der Waals surface area contributed by atoms with Crippen molar-refractivity contribution >= 4 is 27.4 Å². The van der Waals surface area contributed by atoms with Crippen LogP contribution in [0.25, 0.3) is 0 Å². The van der Waals surface area contributed by atoms with Gasteiger partial charge in [0.25, 0.3) is 5.91 Å². The second-order valence-electron chi connectivity index (χ2n) is 6.48. The monoisotopic (exact) mass is 382 g/mol. The van der Waals surface area contributed by atoms with Crippen molar-refractivity contribution < 1.29 is 22.7 Å². The lowest BCUT2D eigenvalue weighted by Crippen LogP contribution is -2.42. The van der Waals surface area contributed by atoms with E-state index in [-0.39, 0.29) is 11.5 Å². The lowest BCUT2D eigenvalue weighted by atomic mass is 10.1. The van der Waals surface area contributed by atoms with Crippen LogP contribution in [0.4, 0.5) is 5.69 Å². The average molecular weight is 382 g/mol. The van der Waals surface area contributed by atoms with E-state index in [4.69, 9.17) is 4.74 Å². The van der Waals surface area contributed by atoms with Crippen LogP contribution in [-0.2, 0) is 19.4 Å². The predicted octanol–water partition coefficient (Wildman–Crippen LogP) is 1.75. The fraction of sp³-hybridized carbons (Fsp3) is 0.556. The highest BCUT2D eigenvalue weighted by molar-refractivity contribution is 7.91. The largest absolute Gasteiger partial charge is 0.449 e. The van der Waals surface area contributed by atoms with Crippen LogP contribution in [0, 0.1) is 0 Å². The maximum absolute atomic E-state index is 12.4. The van der Waals surface area contributed by atoms with Gasteiger partial charge in [-0.05, 0) is 31.9 Å². The summed E-state index contributed by atoms with van der Waals surface area (Å²) in [6.45, 7) is 4.30. The van der Waals surface area contributed by atoms with E-state index < -0.39 is 33.9 Å². The maximum atomic E-state index is 12.4. The topological polar surface area (TPSA) is 102 Å². The van der Waals surface area contributed by atoms with Gasteiger partial charge in [0, 0.05) is 18.3 Å². The van der Waals surface area contributed by atoms with Gasteiger partial charge in [0.2, 0.25) is 0 Å². The van der Waals surface area contributed by atoms with E-state index in [2.05, 4.69) is 17.6 Å². The molecule has 1 fully saturated rings. The van der Waals surface area contributed by atoms with Crippen LogP contribution in [0.15, 0.2) is 24.3 Å². The lowest BCUT2D eigenvalue weighted by molar-refractivity contribution is -0.129. The van der Waals surface area contributed by atoms with Crippen LogP contribution in [-0.4, -0.2) is 50.5 Å². The number of carbonyl (C=O) groups is 2. The molecule has 1 amide bonds. The Balaban J connectivity index is 1.93. The smallest absolute Gasteiger partial charge is 0.341 e. The third-order valence-corrected chi connectivity index (χ3v) is 5.99. The number of carbonyl (C=O) groups excluding carboxylic acids is 2. The first-order valence-electron chi connectivity index (χ1n) is 8.87. The fourth-order valence-electron chi connectivity index (χ4n) is 2.72. The third-order valence-electron chi connectivity index (χ3n) is 4.22. The number of unbranched alkanes of at least 4 members (excludes halogenated alkanes) is 1. The number of hydrogen-bond acceptors (Lipinski definition) is 6.